The Morgan fingerprint density at radius 1 is 1.15 bits per heavy atom. The first-order valence-corrected chi connectivity index (χ1v) is 6.77. The number of rotatable bonds is 3. The highest BCUT2D eigenvalue weighted by atomic mass is 35.5. The fraction of sp³-hybridized carbons (Fsp3) is 0.118. The number of carbonyl (C=O) groups excluding carboxylic acids is 1. The number of benzene rings is 2. The smallest absolute Gasteiger partial charge is 0.167 e. The molecule has 3 heteroatoms. The van der Waals surface area contributed by atoms with Crippen LogP contribution in [0.4, 0.5) is 0 Å². The number of fused-ring (bicyclic) bond motifs is 1. The molecule has 0 aliphatic rings. The van der Waals surface area contributed by atoms with Crippen molar-refractivity contribution in [2.45, 2.75) is 13.3 Å². The van der Waals surface area contributed by atoms with Crippen molar-refractivity contribution in [1.82, 2.24) is 0 Å². The third-order valence-electron chi connectivity index (χ3n) is 3.33. The number of aryl methyl sites for hydroxylation is 1. The Kier molecular flexibility index (Phi) is 3.33. The number of Topliss-reactive ketones (excluding diaryl/α,β-unsaturated/α-hetero) is 1. The van der Waals surface area contributed by atoms with Gasteiger partial charge in [-0.05, 0) is 43.3 Å². The van der Waals surface area contributed by atoms with Gasteiger partial charge < -0.3 is 4.42 Å². The van der Waals surface area contributed by atoms with Crippen LogP contribution in [0.2, 0.25) is 5.02 Å². The van der Waals surface area contributed by atoms with Crippen LogP contribution in [0.15, 0.2) is 53.1 Å². The van der Waals surface area contributed by atoms with E-state index in [0.717, 1.165) is 22.1 Å². The van der Waals surface area contributed by atoms with Gasteiger partial charge in [-0.1, -0.05) is 23.2 Å². The predicted octanol–water partition coefficient (Wildman–Crippen LogP) is 4.82. The summed E-state index contributed by atoms with van der Waals surface area (Å²) in [5.74, 6) is 0.0610. The van der Waals surface area contributed by atoms with Crippen LogP contribution in [0.3, 0.4) is 0 Å². The second-order valence-corrected chi connectivity index (χ2v) is 5.30. The predicted molar refractivity (Wildman–Crippen MR) is 80.4 cm³/mol. The summed E-state index contributed by atoms with van der Waals surface area (Å²) in [6, 6.07) is 12.9. The van der Waals surface area contributed by atoms with E-state index in [1.54, 1.807) is 30.5 Å². The van der Waals surface area contributed by atoms with Gasteiger partial charge in [0, 0.05) is 28.0 Å². The summed E-state index contributed by atoms with van der Waals surface area (Å²) in [6.45, 7) is 2.03. The summed E-state index contributed by atoms with van der Waals surface area (Å²) >= 11 is 5.83. The van der Waals surface area contributed by atoms with Gasteiger partial charge in [0.1, 0.15) is 5.58 Å². The molecule has 0 radical (unpaired) electrons. The van der Waals surface area contributed by atoms with E-state index >= 15 is 0 Å². The zero-order valence-electron chi connectivity index (χ0n) is 11.0. The number of ketones is 1. The molecule has 3 aromatic rings. The Balaban J connectivity index is 1.91. The van der Waals surface area contributed by atoms with E-state index in [4.69, 9.17) is 16.0 Å². The molecule has 1 aromatic heterocycles. The second-order valence-electron chi connectivity index (χ2n) is 4.87. The number of furan rings is 1. The molecule has 1 heterocycles. The van der Waals surface area contributed by atoms with E-state index in [-0.39, 0.29) is 5.78 Å². The molecule has 0 atom stereocenters. The van der Waals surface area contributed by atoms with E-state index in [2.05, 4.69) is 0 Å². The van der Waals surface area contributed by atoms with Gasteiger partial charge in [0.25, 0.3) is 0 Å². The quantitative estimate of drug-likeness (QED) is 0.646. The van der Waals surface area contributed by atoms with Crippen LogP contribution in [-0.2, 0) is 6.42 Å². The molecule has 0 amide bonds. The maximum Gasteiger partial charge on any atom is 0.167 e. The Hall–Kier alpha value is -2.06. The Morgan fingerprint density at radius 3 is 2.65 bits per heavy atom. The lowest BCUT2D eigenvalue weighted by Crippen LogP contribution is -2.02. The summed E-state index contributed by atoms with van der Waals surface area (Å²) in [7, 11) is 0. The summed E-state index contributed by atoms with van der Waals surface area (Å²) in [6.07, 6.45) is 2.00. The third kappa shape index (κ3) is 2.47. The van der Waals surface area contributed by atoms with Gasteiger partial charge in [-0.15, -0.1) is 0 Å². The Bertz CT molecular complexity index is 769. The van der Waals surface area contributed by atoms with E-state index in [1.165, 1.54) is 0 Å². The molecule has 0 saturated carbocycles. The Labute approximate surface area is 122 Å². The maximum atomic E-state index is 12.3. The van der Waals surface area contributed by atoms with Gasteiger partial charge in [-0.2, -0.15) is 0 Å². The molecule has 2 aromatic carbocycles. The van der Waals surface area contributed by atoms with Crippen LogP contribution < -0.4 is 0 Å². The second kappa shape index (κ2) is 5.14. The lowest BCUT2D eigenvalue weighted by Gasteiger charge is -2.00. The van der Waals surface area contributed by atoms with Gasteiger partial charge in [-0.3, -0.25) is 4.79 Å². The van der Waals surface area contributed by atoms with Crippen molar-refractivity contribution in [1.29, 1.82) is 0 Å². The van der Waals surface area contributed by atoms with Crippen molar-refractivity contribution in [2.24, 2.45) is 0 Å². The molecule has 0 aliphatic carbocycles. The first-order chi connectivity index (χ1) is 9.63. The molecule has 0 aliphatic heterocycles. The number of halogens is 1. The zero-order valence-corrected chi connectivity index (χ0v) is 11.8. The van der Waals surface area contributed by atoms with Crippen molar-refractivity contribution in [3.8, 4) is 0 Å². The van der Waals surface area contributed by atoms with Crippen molar-refractivity contribution in [3.05, 3.63) is 70.4 Å². The fourth-order valence-corrected chi connectivity index (χ4v) is 2.37. The largest absolute Gasteiger partial charge is 0.464 e. The Morgan fingerprint density at radius 2 is 1.90 bits per heavy atom. The van der Waals surface area contributed by atoms with E-state index in [9.17, 15) is 4.79 Å². The molecule has 20 heavy (non-hydrogen) atoms. The van der Waals surface area contributed by atoms with Crippen LogP contribution in [0.1, 0.15) is 21.5 Å². The lowest BCUT2D eigenvalue weighted by atomic mass is 10.0. The maximum absolute atomic E-state index is 12.3. The average Bonchev–Trinajstić information content (AvgIpc) is 2.82. The summed E-state index contributed by atoms with van der Waals surface area (Å²) < 4.78 is 5.49. The molecule has 0 bridgehead atoms. The van der Waals surface area contributed by atoms with Crippen molar-refractivity contribution in [3.63, 3.8) is 0 Å². The number of hydrogen-bond acceptors (Lipinski definition) is 2. The van der Waals surface area contributed by atoms with Crippen LogP contribution >= 0.6 is 11.6 Å². The standard InChI is InChI=1S/C17H13ClO2/c1-11-2-7-17-15(8-11)13(10-20-17)9-16(19)12-3-5-14(18)6-4-12/h2-8,10H,9H2,1H3. The minimum Gasteiger partial charge on any atom is -0.464 e. The highest BCUT2D eigenvalue weighted by Gasteiger charge is 2.12. The van der Waals surface area contributed by atoms with E-state index in [0.29, 0.717) is 17.0 Å². The normalized spacial score (nSPS) is 10.9. The topological polar surface area (TPSA) is 30.2 Å². The highest BCUT2D eigenvalue weighted by Crippen LogP contribution is 2.24. The SMILES string of the molecule is Cc1ccc2occ(CC(=O)c3ccc(Cl)cc3)c2c1. The molecular weight excluding hydrogens is 272 g/mol. The average molecular weight is 285 g/mol. The van der Waals surface area contributed by atoms with Crippen LogP contribution in [-0.4, -0.2) is 5.78 Å². The third-order valence-corrected chi connectivity index (χ3v) is 3.58. The van der Waals surface area contributed by atoms with Crippen molar-refractivity contribution >= 4 is 28.4 Å². The van der Waals surface area contributed by atoms with Gasteiger partial charge in [-0.25, -0.2) is 0 Å². The van der Waals surface area contributed by atoms with Gasteiger partial charge >= 0.3 is 0 Å². The molecule has 3 rings (SSSR count). The molecule has 2 nitrogen and oxygen atoms in total. The minimum absolute atomic E-state index is 0.0610. The van der Waals surface area contributed by atoms with Gasteiger partial charge in [0.15, 0.2) is 5.78 Å². The molecule has 0 N–H and O–H groups in total. The monoisotopic (exact) mass is 284 g/mol. The van der Waals surface area contributed by atoms with Gasteiger partial charge in [0.05, 0.1) is 6.26 Å². The van der Waals surface area contributed by atoms with Crippen LogP contribution in [0.5, 0.6) is 0 Å². The molecule has 100 valence electrons. The molecular formula is C17H13ClO2. The summed E-state index contributed by atoms with van der Waals surface area (Å²) in [5.41, 5.74) is 3.55. The molecule has 0 unspecified atom stereocenters. The first kappa shape index (κ1) is 12.9. The van der Waals surface area contributed by atoms with E-state index < -0.39 is 0 Å². The van der Waals surface area contributed by atoms with Gasteiger partial charge in [0.2, 0.25) is 0 Å². The van der Waals surface area contributed by atoms with Crippen molar-refractivity contribution in [2.75, 3.05) is 0 Å². The van der Waals surface area contributed by atoms with Crippen LogP contribution in [0.25, 0.3) is 11.0 Å². The van der Waals surface area contributed by atoms with Crippen LogP contribution in [0, 0.1) is 6.92 Å². The minimum atomic E-state index is 0.0610. The fourth-order valence-electron chi connectivity index (χ4n) is 2.24. The van der Waals surface area contributed by atoms with E-state index in [1.807, 2.05) is 25.1 Å². The van der Waals surface area contributed by atoms with Crippen molar-refractivity contribution < 1.29 is 9.21 Å². The lowest BCUT2D eigenvalue weighted by molar-refractivity contribution is 0.0993. The molecule has 0 fully saturated rings. The highest BCUT2D eigenvalue weighted by molar-refractivity contribution is 6.30. The summed E-state index contributed by atoms with van der Waals surface area (Å²) in [5, 5.41) is 1.64. The first-order valence-electron chi connectivity index (χ1n) is 6.39. The molecule has 0 spiro atoms. The number of hydrogen-bond donors (Lipinski definition) is 0. The summed E-state index contributed by atoms with van der Waals surface area (Å²) in [4.78, 5) is 12.3. The zero-order chi connectivity index (χ0) is 14.1. The number of carbonyl (C=O) groups is 1. The molecule has 0 saturated heterocycles.